The summed E-state index contributed by atoms with van der Waals surface area (Å²) in [6.45, 7) is 1.97. The summed E-state index contributed by atoms with van der Waals surface area (Å²) in [5.41, 5.74) is 0.104. The van der Waals surface area contributed by atoms with Gasteiger partial charge in [0.15, 0.2) is 0 Å². The molecule has 3 rings (SSSR count). The third-order valence-corrected chi connectivity index (χ3v) is 3.84. The van der Waals surface area contributed by atoms with Gasteiger partial charge in [-0.15, -0.1) is 0 Å². The fraction of sp³-hybridized carbons (Fsp3) is 0.400. The number of pyridine rings is 1. The summed E-state index contributed by atoms with van der Waals surface area (Å²) in [5.74, 6) is 0.784. The van der Waals surface area contributed by atoms with Crippen LogP contribution in [0.5, 0.6) is 5.75 Å². The van der Waals surface area contributed by atoms with E-state index in [-0.39, 0.29) is 5.56 Å². The van der Waals surface area contributed by atoms with Crippen molar-refractivity contribution in [1.82, 2.24) is 9.88 Å². The molecule has 0 spiro atoms. The fourth-order valence-corrected chi connectivity index (χ4v) is 2.74. The standard InChI is InChI=1S/C15H18N2O2/c1-19-13-2-3-14-11(10-13)6-9-17(15(14)18)12-4-7-16-8-5-12/h2-3,6,9-10,12,16H,4-5,7-8H2,1H3. The summed E-state index contributed by atoms with van der Waals surface area (Å²) in [6, 6.07) is 7.93. The molecule has 2 aromatic rings. The number of ether oxygens (including phenoxy) is 1. The SMILES string of the molecule is COc1ccc2c(=O)n(C3CCNCC3)ccc2c1. The second-order valence-corrected chi connectivity index (χ2v) is 4.96. The van der Waals surface area contributed by atoms with E-state index in [2.05, 4.69) is 5.32 Å². The number of fused-ring (bicyclic) bond motifs is 1. The van der Waals surface area contributed by atoms with Crippen LogP contribution in [0.3, 0.4) is 0 Å². The van der Waals surface area contributed by atoms with E-state index in [0.717, 1.165) is 42.5 Å². The van der Waals surface area contributed by atoms with E-state index in [0.29, 0.717) is 6.04 Å². The number of hydrogen-bond donors (Lipinski definition) is 1. The van der Waals surface area contributed by atoms with Crippen LogP contribution in [0.1, 0.15) is 18.9 Å². The first-order valence-corrected chi connectivity index (χ1v) is 6.69. The summed E-state index contributed by atoms with van der Waals surface area (Å²) in [6.07, 6.45) is 3.95. The number of aromatic nitrogens is 1. The van der Waals surface area contributed by atoms with Crippen LogP contribution in [-0.2, 0) is 0 Å². The van der Waals surface area contributed by atoms with Crippen molar-refractivity contribution in [3.05, 3.63) is 40.8 Å². The molecule has 4 nitrogen and oxygen atoms in total. The molecule has 0 atom stereocenters. The summed E-state index contributed by atoms with van der Waals surface area (Å²) in [7, 11) is 1.64. The molecule has 1 aromatic carbocycles. The average molecular weight is 258 g/mol. The van der Waals surface area contributed by atoms with Crippen LogP contribution >= 0.6 is 0 Å². The van der Waals surface area contributed by atoms with Gasteiger partial charge in [-0.1, -0.05) is 0 Å². The van der Waals surface area contributed by atoms with Crippen molar-refractivity contribution in [2.75, 3.05) is 20.2 Å². The van der Waals surface area contributed by atoms with Crippen molar-refractivity contribution >= 4 is 10.8 Å². The lowest BCUT2D eigenvalue weighted by molar-refractivity contribution is 0.362. The predicted molar refractivity (Wildman–Crippen MR) is 75.9 cm³/mol. The van der Waals surface area contributed by atoms with Gasteiger partial charge in [0.1, 0.15) is 5.75 Å². The number of rotatable bonds is 2. The molecule has 1 aromatic heterocycles. The predicted octanol–water partition coefficient (Wildman–Crippen LogP) is 1.93. The smallest absolute Gasteiger partial charge is 0.258 e. The third kappa shape index (κ3) is 2.24. The Kier molecular flexibility index (Phi) is 3.25. The van der Waals surface area contributed by atoms with Crippen LogP contribution in [0.4, 0.5) is 0 Å². The lowest BCUT2D eigenvalue weighted by atomic mass is 10.1. The molecule has 0 aliphatic carbocycles. The van der Waals surface area contributed by atoms with E-state index in [1.54, 1.807) is 7.11 Å². The molecule has 1 saturated heterocycles. The zero-order chi connectivity index (χ0) is 13.2. The highest BCUT2D eigenvalue weighted by molar-refractivity contribution is 5.82. The molecule has 0 radical (unpaired) electrons. The largest absolute Gasteiger partial charge is 0.497 e. The Morgan fingerprint density at radius 2 is 2.05 bits per heavy atom. The van der Waals surface area contributed by atoms with E-state index in [1.807, 2.05) is 35.0 Å². The van der Waals surface area contributed by atoms with E-state index >= 15 is 0 Å². The van der Waals surface area contributed by atoms with Crippen LogP contribution in [0, 0.1) is 0 Å². The number of nitrogens with zero attached hydrogens (tertiary/aromatic N) is 1. The van der Waals surface area contributed by atoms with Crippen molar-refractivity contribution in [2.24, 2.45) is 0 Å². The van der Waals surface area contributed by atoms with Crippen LogP contribution in [0.2, 0.25) is 0 Å². The lowest BCUT2D eigenvalue weighted by Gasteiger charge is -2.25. The Morgan fingerprint density at radius 1 is 1.26 bits per heavy atom. The van der Waals surface area contributed by atoms with Gasteiger partial charge in [-0.2, -0.15) is 0 Å². The van der Waals surface area contributed by atoms with Gasteiger partial charge in [0, 0.05) is 17.6 Å². The fourth-order valence-electron chi connectivity index (χ4n) is 2.74. The number of piperidine rings is 1. The monoisotopic (exact) mass is 258 g/mol. The molecule has 1 fully saturated rings. The highest BCUT2D eigenvalue weighted by Crippen LogP contribution is 2.21. The van der Waals surface area contributed by atoms with E-state index in [1.165, 1.54) is 0 Å². The summed E-state index contributed by atoms with van der Waals surface area (Å²) in [5, 5.41) is 5.03. The molecule has 4 heteroatoms. The Hall–Kier alpha value is -1.81. The minimum atomic E-state index is 0.104. The molecule has 100 valence electrons. The van der Waals surface area contributed by atoms with E-state index in [9.17, 15) is 4.79 Å². The van der Waals surface area contributed by atoms with Gasteiger partial charge in [0.05, 0.1) is 7.11 Å². The highest BCUT2D eigenvalue weighted by atomic mass is 16.5. The highest BCUT2D eigenvalue weighted by Gasteiger charge is 2.16. The van der Waals surface area contributed by atoms with Gasteiger partial charge < -0.3 is 14.6 Å². The summed E-state index contributed by atoms with van der Waals surface area (Å²) >= 11 is 0. The summed E-state index contributed by atoms with van der Waals surface area (Å²) < 4.78 is 7.08. The molecule has 0 unspecified atom stereocenters. The zero-order valence-corrected chi connectivity index (χ0v) is 11.1. The molecule has 0 amide bonds. The topological polar surface area (TPSA) is 43.3 Å². The van der Waals surface area contributed by atoms with Gasteiger partial charge >= 0.3 is 0 Å². The van der Waals surface area contributed by atoms with Gasteiger partial charge in [0.25, 0.3) is 5.56 Å². The van der Waals surface area contributed by atoms with E-state index in [4.69, 9.17) is 4.74 Å². The normalized spacial score (nSPS) is 16.7. The van der Waals surface area contributed by atoms with Crippen molar-refractivity contribution < 1.29 is 4.74 Å². The maximum absolute atomic E-state index is 12.5. The van der Waals surface area contributed by atoms with Crippen LogP contribution in [-0.4, -0.2) is 24.8 Å². The molecule has 2 heterocycles. The molecule has 0 bridgehead atoms. The van der Waals surface area contributed by atoms with Crippen LogP contribution < -0.4 is 15.6 Å². The lowest BCUT2D eigenvalue weighted by Crippen LogP contribution is -2.33. The van der Waals surface area contributed by atoms with Crippen molar-refractivity contribution in [3.63, 3.8) is 0 Å². The van der Waals surface area contributed by atoms with Crippen LogP contribution in [0.15, 0.2) is 35.3 Å². The number of benzene rings is 1. The second kappa shape index (κ2) is 5.05. The second-order valence-electron chi connectivity index (χ2n) is 4.96. The zero-order valence-electron chi connectivity index (χ0n) is 11.1. The first-order valence-electron chi connectivity index (χ1n) is 6.69. The summed E-state index contributed by atoms with van der Waals surface area (Å²) in [4.78, 5) is 12.5. The maximum atomic E-state index is 12.5. The molecule has 0 saturated carbocycles. The van der Waals surface area contributed by atoms with Gasteiger partial charge in [-0.05, 0) is 55.6 Å². The van der Waals surface area contributed by atoms with Crippen molar-refractivity contribution in [3.8, 4) is 5.75 Å². The quantitative estimate of drug-likeness (QED) is 0.895. The Balaban J connectivity index is 2.07. The molecular weight excluding hydrogens is 240 g/mol. The number of hydrogen-bond acceptors (Lipinski definition) is 3. The minimum Gasteiger partial charge on any atom is -0.497 e. The van der Waals surface area contributed by atoms with Gasteiger partial charge in [-0.25, -0.2) is 0 Å². The van der Waals surface area contributed by atoms with Gasteiger partial charge in [-0.3, -0.25) is 4.79 Å². The number of methoxy groups -OCH3 is 1. The first-order chi connectivity index (χ1) is 9.29. The Bertz CT molecular complexity index is 642. The Labute approximate surface area is 112 Å². The van der Waals surface area contributed by atoms with E-state index < -0.39 is 0 Å². The maximum Gasteiger partial charge on any atom is 0.258 e. The molecule has 19 heavy (non-hydrogen) atoms. The molecule has 1 N–H and O–H groups in total. The molecular formula is C15H18N2O2. The molecule has 1 aliphatic heterocycles. The van der Waals surface area contributed by atoms with Crippen LogP contribution in [0.25, 0.3) is 10.8 Å². The third-order valence-electron chi connectivity index (χ3n) is 3.84. The first kappa shape index (κ1) is 12.2. The minimum absolute atomic E-state index is 0.104. The van der Waals surface area contributed by atoms with Crippen molar-refractivity contribution in [2.45, 2.75) is 18.9 Å². The van der Waals surface area contributed by atoms with Gasteiger partial charge in [0.2, 0.25) is 0 Å². The number of nitrogens with one attached hydrogen (secondary N) is 1. The average Bonchev–Trinajstić information content (AvgIpc) is 2.48. The van der Waals surface area contributed by atoms with Crippen molar-refractivity contribution in [1.29, 1.82) is 0 Å². The molecule has 1 aliphatic rings. The Morgan fingerprint density at radius 3 is 2.79 bits per heavy atom.